The molecule has 1 aliphatic rings. The fraction of sp³-hybridized carbons (Fsp3) is 0.818. The lowest BCUT2D eigenvalue weighted by atomic mass is 9.92. The van der Waals surface area contributed by atoms with Gasteiger partial charge in [0.05, 0.1) is 5.41 Å². The third-order valence-electron chi connectivity index (χ3n) is 2.70. The number of likely N-dealkylation sites (tertiary alicyclic amines) is 1. The standard InChI is InChI=1S/C11H20N2O2/c1-4-12-6-5-7-13-9(14)8-11(2,3)10(13)15/h12H,4-8H2,1-3H3. The number of rotatable bonds is 5. The minimum atomic E-state index is -0.491. The molecule has 0 aromatic carbocycles. The van der Waals surface area contributed by atoms with Crippen LogP contribution in [0.4, 0.5) is 0 Å². The molecule has 1 aliphatic heterocycles. The molecule has 2 amide bonds. The first-order valence-electron chi connectivity index (χ1n) is 5.54. The molecule has 1 heterocycles. The van der Waals surface area contributed by atoms with E-state index in [1.165, 1.54) is 4.90 Å². The van der Waals surface area contributed by atoms with Crippen molar-refractivity contribution in [3.05, 3.63) is 0 Å². The van der Waals surface area contributed by atoms with Gasteiger partial charge in [-0.3, -0.25) is 14.5 Å². The first kappa shape index (κ1) is 12.2. The number of amides is 2. The van der Waals surface area contributed by atoms with E-state index in [0.717, 1.165) is 19.5 Å². The number of carbonyl (C=O) groups is 2. The Kier molecular flexibility index (Phi) is 3.85. The summed E-state index contributed by atoms with van der Waals surface area (Å²) in [7, 11) is 0. The van der Waals surface area contributed by atoms with Gasteiger partial charge in [0.25, 0.3) is 0 Å². The Labute approximate surface area is 91.0 Å². The van der Waals surface area contributed by atoms with E-state index < -0.39 is 5.41 Å². The van der Waals surface area contributed by atoms with E-state index in [1.807, 2.05) is 20.8 Å². The monoisotopic (exact) mass is 212 g/mol. The van der Waals surface area contributed by atoms with Crippen LogP contribution in [0.5, 0.6) is 0 Å². The van der Waals surface area contributed by atoms with Gasteiger partial charge in [-0.1, -0.05) is 20.8 Å². The maximum Gasteiger partial charge on any atom is 0.235 e. The molecule has 15 heavy (non-hydrogen) atoms. The largest absolute Gasteiger partial charge is 0.317 e. The minimum Gasteiger partial charge on any atom is -0.317 e. The van der Waals surface area contributed by atoms with Crippen molar-refractivity contribution >= 4 is 11.8 Å². The van der Waals surface area contributed by atoms with Gasteiger partial charge in [0, 0.05) is 13.0 Å². The smallest absolute Gasteiger partial charge is 0.235 e. The molecule has 1 fully saturated rings. The van der Waals surface area contributed by atoms with Gasteiger partial charge in [0.1, 0.15) is 0 Å². The molecule has 0 aromatic heterocycles. The second kappa shape index (κ2) is 4.75. The van der Waals surface area contributed by atoms with E-state index in [1.54, 1.807) is 0 Å². The van der Waals surface area contributed by atoms with Gasteiger partial charge in [-0.15, -0.1) is 0 Å². The molecule has 0 saturated carbocycles. The van der Waals surface area contributed by atoms with Crippen molar-refractivity contribution < 1.29 is 9.59 Å². The number of hydrogen-bond acceptors (Lipinski definition) is 3. The molecule has 1 N–H and O–H groups in total. The molecule has 1 saturated heterocycles. The predicted molar refractivity (Wildman–Crippen MR) is 58.3 cm³/mol. The summed E-state index contributed by atoms with van der Waals surface area (Å²) in [5.41, 5.74) is -0.491. The molecule has 0 aliphatic carbocycles. The third-order valence-corrected chi connectivity index (χ3v) is 2.70. The van der Waals surface area contributed by atoms with Crippen LogP contribution in [-0.4, -0.2) is 36.3 Å². The molecule has 0 aromatic rings. The molecule has 4 heteroatoms. The van der Waals surface area contributed by atoms with Crippen LogP contribution in [0.15, 0.2) is 0 Å². The van der Waals surface area contributed by atoms with Crippen LogP contribution in [0.3, 0.4) is 0 Å². The van der Waals surface area contributed by atoms with Crippen molar-refractivity contribution in [1.82, 2.24) is 10.2 Å². The van der Waals surface area contributed by atoms with E-state index in [4.69, 9.17) is 0 Å². The van der Waals surface area contributed by atoms with Gasteiger partial charge in [0.2, 0.25) is 11.8 Å². The number of nitrogens with zero attached hydrogens (tertiary/aromatic N) is 1. The van der Waals surface area contributed by atoms with Gasteiger partial charge < -0.3 is 5.32 Å². The zero-order valence-electron chi connectivity index (χ0n) is 9.80. The number of carbonyl (C=O) groups excluding carboxylic acids is 2. The fourth-order valence-electron chi connectivity index (χ4n) is 1.79. The van der Waals surface area contributed by atoms with Crippen molar-refractivity contribution in [3.8, 4) is 0 Å². The third kappa shape index (κ3) is 2.78. The second-order valence-electron chi connectivity index (χ2n) is 4.62. The van der Waals surface area contributed by atoms with Crippen LogP contribution in [0.2, 0.25) is 0 Å². The summed E-state index contributed by atoms with van der Waals surface area (Å²) >= 11 is 0. The van der Waals surface area contributed by atoms with E-state index in [0.29, 0.717) is 13.0 Å². The Morgan fingerprint density at radius 1 is 1.40 bits per heavy atom. The van der Waals surface area contributed by atoms with Crippen LogP contribution in [0.25, 0.3) is 0 Å². The number of imide groups is 1. The zero-order valence-corrected chi connectivity index (χ0v) is 9.80. The SMILES string of the molecule is CCNCCCN1C(=O)CC(C)(C)C1=O. The lowest BCUT2D eigenvalue weighted by molar-refractivity contribution is -0.140. The molecule has 0 spiro atoms. The summed E-state index contributed by atoms with van der Waals surface area (Å²) in [5, 5.41) is 3.17. The zero-order chi connectivity index (χ0) is 11.5. The molecule has 0 radical (unpaired) electrons. The Morgan fingerprint density at radius 2 is 2.07 bits per heavy atom. The molecular formula is C11H20N2O2. The lowest BCUT2D eigenvalue weighted by Gasteiger charge is -2.17. The summed E-state index contributed by atoms with van der Waals surface area (Å²) in [4.78, 5) is 24.7. The minimum absolute atomic E-state index is 0.0241. The highest BCUT2D eigenvalue weighted by Crippen LogP contribution is 2.31. The Morgan fingerprint density at radius 3 is 2.53 bits per heavy atom. The highest BCUT2D eigenvalue weighted by Gasteiger charge is 2.44. The van der Waals surface area contributed by atoms with Crippen LogP contribution in [0, 0.1) is 5.41 Å². The van der Waals surface area contributed by atoms with Crippen molar-refractivity contribution in [1.29, 1.82) is 0 Å². The lowest BCUT2D eigenvalue weighted by Crippen LogP contribution is -2.35. The second-order valence-corrected chi connectivity index (χ2v) is 4.62. The Hall–Kier alpha value is -0.900. The van der Waals surface area contributed by atoms with Crippen LogP contribution < -0.4 is 5.32 Å². The van der Waals surface area contributed by atoms with Crippen LogP contribution >= 0.6 is 0 Å². The first-order chi connectivity index (χ1) is 6.99. The molecule has 0 atom stereocenters. The van der Waals surface area contributed by atoms with Crippen LogP contribution in [-0.2, 0) is 9.59 Å². The van der Waals surface area contributed by atoms with Crippen molar-refractivity contribution in [3.63, 3.8) is 0 Å². The highest BCUT2D eigenvalue weighted by molar-refractivity contribution is 6.05. The number of hydrogen-bond donors (Lipinski definition) is 1. The summed E-state index contributed by atoms with van der Waals surface area (Å²) in [5.74, 6) is -0.0505. The van der Waals surface area contributed by atoms with E-state index in [9.17, 15) is 9.59 Å². The molecule has 0 bridgehead atoms. The summed E-state index contributed by atoms with van der Waals surface area (Å²) in [6, 6.07) is 0. The van der Waals surface area contributed by atoms with Crippen LogP contribution in [0.1, 0.15) is 33.6 Å². The molecule has 86 valence electrons. The summed E-state index contributed by atoms with van der Waals surface area (Å²) < 4.78 is 0. The molecule has 0 unspecified atom stereocenters. The average Bonchev–Trinajstić information content (AvgIpc) is 2.33. The van der Waals surface area contributed by atoms with Crippen molar-refractivity contribution in [2.24, 2.45) is 5.41 Å². The Balaban J connectivity index is 2.42. The Bertz CT molecular complexity index is 261. The summed E-state index contributed by atoms with van der Waals surface area (Å²) in [6.45, 7) is 8.03. The topological polar surface area (TPSA) is 49.4 Å². The predicted octanol–water partition coefficient (Wildman–Crippen LogP) is 0.771. The molecular weight excluding hydrogens is 192 g/mol. The fourth-order valence-corrected chi connectivity index (χ4v) is 1.79. The van der Waals surface area contributed by atoms with E-state index in [-0.39, 0.29) is 11.8 Å². The van der Waals surface area contributed by atoms with Gasteiger partial charge in [-0.2, -0.15) is 0 Å². The number of nitrogens with one attached hydrogen (secondary N) is 1. The van der Waals surface area contributed by atoms with Crippen molar-refractivity contribution in [2.45, 2.75) is 33.6 Å². The maximum atomic E-state index is 11.8. The first-order valence-corrected chi connectivity index (χ1v) is 5.54. The summed E-state index contributed by atoms with van der Waals surface area (Å²) in [6.07, 6.45) is 1.19. The van der Waals surface area contributed by atoms with Gasteiger partial charge in [-0.05, 0) is 19.5 Å². The maximum absolute atomic E-state index is 11.8. The van der Waals surface area contributed by atoms with Gasteiger partial charge in [0.15, 0.2) is 0 Å². The van der Waals surface area contributed by atoms with Gasteiger partial charge in [-0.25, -0.2) is 0 Å². The quantitative estimate of drug-likeness (QED) is 0.541. The van der Waals surface area contributed by atoms with Gasteiger partial charge >= 0.3 is 0 Å². The molecule has 4 nitrogen and oxygen atoms in total. The normalized spacial score (nSPS) is 20.1. The van der Waals surface area contributed by atoms with E-state index in [2.05, 4.69) is 5.32 Å². The molecule has 1 rings (SSSR count). The average molecular weight is 212 g/mol. The van der Waals surface area contributed by atoms with E-state index >= 15 is 0 Å². The van der Waals surface area contributed by atoms with Crippen molar-refractivity contribution in [2.75, 3.05) is 19.6 Å². The highest BCUT2D eigenvalue weighted by atomic mass is 16.2.